The second kappa shape index (κ2) is 6.95. The van der Waals surface area contributed by atoms with Gasteiger partial charge in [0.15, 0.2) is 0 Å². The zero-order valence-electron chi connectivity index (χ0n) is 15.7. The van der Waals surface area contributed by atoms with E-state index in [1.165, 1.54) is 23.9 Å². The van der Waals surface area contributed by atoms with Gasteiger partial charge in [0.1, 0.15) is 5.56 Å². The first-order valence-corrected chi connectivity index (χ1v) is 9.14. The maximum absolute atomic E-state index is 12.9. The molecule has 0 aliphatic heterocycles. The van der Waals surface area contributed by atoms with Crippen LogP contribution in [0.25, 0.3) is 11.0 Å². The number of aryl methyl sites for hydroxylation is 1. The molecule has 3 aromatic rings. The van der Waals surface area contributed by atoms with E-state index in [-0.39, 0.29) is 24.1 Å². The lowest BCUT2D eigenvalue weighted by molar-refractivity contribution is 0.0950. The van der Waals surface area contributed by atoms with E-state index in [0.717, 1.165) is 29.4 Å². The van der Waals surface area contributed by atoms with Crippen LogP contribution in [0.15, 0.2) is 41.6 Å². The van der Waals surface area contributed by atoms with Crippen LogP contribution < -0.4 is 16.2 Å². The number of imidazole rings is 1. The molecule has 2 amide bonds. The van der Waals surface area contributed by atoms with Crippen molar-refractivity contribution in [1.82, 2.24) is 24.8 Å². The van der Waals surface area contributed by atoms with E-state index in [1.807, 2.05) is 29.8 Å². The lowest BCUT2D eigenvalue weighted by atomic mass is 10.1. The van der Waals surface area contributed by atoms with Crippen molar-refractivity contribution in [3.05, 3.63) is 63.8 Å². The smallest absolute Gasteiger partial charge is 0.263 e. The zero-order chi connectivity index (χ0) is 19.8. The predicted octanol–water partition coefficient (Wildman–Crippen LogP) is 1.04. The minimum Gasteiger partial charge on any atom is -0.355 e. The van der Waals surface area contributed by atoms with Crippen LogP contribution in [0.2, 0.25) is 0 Å². The number of para-hydroxylation sites is 1. The summed E-state index contributed by atoms with van der Waals surface area (Å²) in [7, 11) is 3.36. The highest BCUT2D eigenvalue weighted by Gasteiger charge is 2.25. The van der Waals surface area contributed by atoms with Gasteiger partial charge in [0.2, 0.25) is 0 Å². The number of nitrogens with zero attached hydrogens (tertiary/aromatic N) is 3. The summed E-state index contributed by atoms with van der Waals surface area (Å²) in [5.41, 5.74) is 2.35. The number of fused-ring (bicyclic) bond motifs is 1. The van der Waals surface area contributed by atoms with Crippen LogP contribution in [-0.2, 0) is 13.6 Å². The lowest BCUT2D eigenvalue weighted by Crippen LogP contribution is -2.34. The second-order valence-electron chi connectivity index (χ2n) is 7.04. The van der Waals surface area contributed by atoms with Crippen LogP contribution in [-0.4, -0.2) is 39.0 Å². The Morgan fingerprint density at radius 2 is 2.04 bits per heavy atom. The van der Waals surface area contributed by atoms with Crippen LogP contribution in [0.4, 0.5) is 0 Å². The molecule has 1 fully saturated rings. The number of hydrogen-bond acceptors (Lipinski definition) is 4. The first-order chi connectivity index (χ1) is 13.5. The quantitative estimate of drug-likeness (QED) is 0.692. The van der Waals surface area contributed by atoms with Gasteiger partial charge in [0.25, 0.3) is 17.4 Å². The zero-order valence-corrected chi connectivity index (χ0v) is 15.7. The fourth-order valence-electron chi connectivity index (χ4n) is 3.20. The molecule has 8 nitrogen and oxygen atoms in total. The molecular formula is C20H21N5O3. The highest BCUT2D eigenvalue weighted by molar-refractivity contribution is 5.99. The number of carbonyl (C=O) groups excluding carboxylic acids is 2. The van der Waals surface area contributed by atoms with Crippen molar-refractivity contribution in [2.24, 2.45) is 7.05 Å². The molecule has 1 aromatic carbocycles. The molecule has 1 aliphatic carbocycles. The van der Waals surface area contributed by atoms with Gasteiger partial charge < -0.3 is 19.8 Å². The number of benzene rings is 1. The Balaban J connectivity index is 1.78. The normalized spacial score (nSPS) is 13.5. The van der Waals surface area contributed by atoms with Gasteiger partial charge in [-0.3, -0.25) is 14.4 Å². The maximum Gasteiger partial charge on any atom is 0.263 e. The standard InChI is InChI=1S/C20H21N5O3/c1-21-19(27)15-8-13(18(26)23-14-6-7-14)10-25(20(15)28)9-12-4-3-5-16-17(12)22-11-24(16)2/h3-5,8,10-11,14H,6-7,9H2,1-2H3,(H,21,27)(H,23,26). The molecule has 0 atom stereocenters. The van der Waals surface area contributed by atoms with E-state index in [1.54, 1.807) is 6.33 Å². The van der Waals surface area contributed by atoms with Gasteiger partial charge in [-0.25, -0.2) is 4.98 Å². The average molecular weight is 379 g/mol. The highest BCUT2D eigenvalue weighted by Crippen LogP contribution is 2.20. The Hall–Kier alpha value is -3.42. The summed E-state index contributed by atoms with van der Waals surface area (Å²) in [5, 5.41) is 5.36. The van der Waals surface area contributed by atoms with E-state index in [4.69, 9.17) is 0 Å². The molecular weight excluding hydrogens is 358 g/mol. The van der Waals surface area contributed by atoms with Crippen LogP contribution in [0.1, 0.15) is 39.1 Å². The lowest BCUT2D eigenvalue weighted by Gasteiger charge is -2.12. The van der Waals surface area contributed by atoms with Gasteiger partial charge in [0, 0.05) is 26.3 Å². The Bertz CT molecular complexity index is 1140. The third kappa shape index (κ3) is 3.28. The number of hydrogen-bond donors (Lipinski definition) is 2. The van der Waals surface area contributed by atoms with Crippen molar-refractivity contribution in [1.29, 1.82) is 0 Å². The van der Waals surface area contributed by atoms with Gasteiger partial charge in [-0.15, -0.1) is 0 Å². The van der Waals surface area contributed by atoms with Gasteiger partial charge in [-0.05, 0) is 30.5 Å². The first-order valence-electron chi connectivity index (χ1n) is 9.14. The Morgan fingerprint density at radius 1 is 1.25 bits per heavy atom. The van der Waals surface area contributed by atoms with Crippen molar-refractivity contribution >= 4 is 22.8 Å². The Kier molecular flexibility index (Phi) is 4.46. The number of amides is 2. The molecule has 8 heteroatoms. The molecule has 2 N–H and O–H groups in total. The fourth-order valence-corrected chi connectivity index (χ4v) is 3.20. The Morgan fingerprint density at radius 3 is 2.75 bits per heavy atom. The van der Waals surface area contributed by atoms with Crippen molar-refractivity contribution in [2.45, 2.75) is 25.4 Å². The minimum atomic E-state index is -0.518. The van der Waals surface area contributed by atoms with E-state index in [2.05, 4.69) is 15.6 Å². The average Bonchev–Trinajstić information content (AvgIpc) is 3.43. The molecule has 1 aliphatic rings. The largest absolute Gasteiger partial charge is 0.355 e. The molecule has 2 aromatic heterocycles. The summed E-state index contributed by atoms with van der Waals surface area (Å²) in [5.74, 6) is -0.798. The second-order valence-corrected chi connectivity index (χ2v) is 7.04. The summed E-state index contributed by atoms with van der Waals surface area (Å²) < 4.78 is 3.30. The summed E-state index contributed by atoms with van der Waals surface area (Å²) in [6.45, 7) is 0.210. The van der Waals surface area contributed by atoms with Gasteiger partial charge in [0.05, 0.1) is 29.5 Å². The molecule has 2 heterocycles. The number of rotatable bonds is 5. The molecule has 0 unspecified atom stereocenters. The molecule has 0 saturated heterocycles. The van der Waals surface area contributed by atoms with Crippen molar-refractivity contribution in [2.75, 3.05) is 7.05 Å². The number of aromatic nitrogens is 3. The van der Waals surface area contributed by atoms with E-state index < -0.39 is 11.5 Å². The van der Waals surface area contributed by atoms with Gasteiger partial charge in [-0.1, -0.05) is 12.1 Å². The predicted molar refractivity (Wildman–Crippen MR) is 104 cm³/mol. The summed E-state index contributed by atoms with van der Waals surface area (Å²) >= 11 is 0. The highest BCUT2D eigenvalue weighted by atomic mass is 16.2. The third-order valence-corrected chi connectivity index (χ3v) is 4.91. The molecule has 0 spiro atoms. The molecule has 1 saturated carbocycles. The van der Waals surface area contributed by atoms with Crippen LogP contribution >= 0.6 is 0 Å². The van der Waals surface area contributed by atoms with E-state index in [9.17, 15) is 14.4 Å². The minimum absolute atomic E-state index is 0.0563. The van der Waals surface area contributed by atoms with Crippen molar-refractivity contribution in [3.63, 3.8) is 0 Å². The summed E-state index contributed by atoms with van der Waals surface area (Å²) in [6.07, 6.45) is 5.13. The van der Waals surface area contributed by atoms with Crippen molar-refractivity contribution < 1.29 is 9.59 Å². The van der Waals surface area contributed by atoms with E-state index in [0.29, 0.717) is 5.56 Å². The third-order valence-electron chi connectivity index (χ3n) is 4.91. The molecule has 4 rings (SSSR count). The number of pyridine rings is 1. The molecule has 0 bridgehead atoms. The van der Waals surface area contributed by atoms with Crippen LogP contribution in [0, 0.1) is 0 Å². The molecule has 28 heavy (non-hydrogen) atoms. The summed E-state index contributed by atoms with van der Waals surface area (Å²) in [4.78, 5) is 42.0. The van der Waals surface area contributed by atoms with Crippen LogP contribution in [0.5, 0.6) is 0 Å². The number of nitrogens with one attached hydrogen (secondary N) is 2. The monoisotopic (exact) mass is 379 g/mol. The maximum atomic E-state index is 12.9. The van der Waals surface area contributed by atoms with Gasteiger partial charge >= 0.3 is 0 Å². The SMILES string of the molecule is CNC(=O)c1cc(C(=O)NC2CC2)cn(Cc2cccc3c2ncn3C)c1=O. The fraction of sp³-hybridized carbons (Fsp3) is 0.300. The van der Waals surface area contributed by atoms with Gasteiger partial charge in [-0.2, -0.15) is 0 Å². The van der Waals surface area contributed by atoms with Crippen molar-refractivity contribution in [3.8, 4) is 0 Å². The first kappa shape index (κ1) is 18.0. The topological polar surface area (TPSA) is 98.0 Å². The molecule has 0 radical (unpaired) electrons. The van der Waals surface area contributed by atoms with Crippen LogP contribution in [0.3, 0.4) is 0 Å². The Labute approximate surface area is 161 Å². The molecule has 144 valence electrons. The number of carbonyl (C=O) groups is 2. The van der Waals surface area contributed by atoms with E-state index >= 15 is 0 Å². The summed E-state index contributed by atoms with van der Waals surface area (Å²) in [6, 6.07) is 7.27.